The molecule has 0 bridgehead atoms. The topological polar surface area (TPSA) is 62.7 Å². The fourth-order valence-corrected chi connectivity index (χ4v) is 4.87. The van der Waals surface area contributed by atoms with Crippen LogP contribution in [0.1, 0.15) is 65.4 Å². The quantitative estimate of drug-likeness (QED) is 0.451. The fraction of sp³-hybridized carbons (Fsp3) is 0.370. The highest BCUT2D eigenvalue weighted by Crippen LogP contribution is 2.37. The second-order valence-corrected chi connectivity index (χ2v) is 9.87. The molecule has 35 heavy (non-hydrogen) atoms. The van der Waals surface area contributed by atoms with Crippen LogP contribution in [-0.2, 0) is 17.8 Å². The number of rotatable bonds is 7. The molecular weight excluding hydrogens is 465 g/mol. The summed E-state index contributed by atoms with van der Waals surface area (Å²) >= 11 is 1.39. The van der Waals surface area contributed by atoms with Crippen LogP contribution in [0.25, 0.3) is 0 Å². The summed E-state index contributed by atoms with van der Waals surface area (Å²) in [7, 11) is 1.76. The second-order valence-electron chi connectivity index (χ2n) is 8.93. The Labute approximate surface area is 209 Å². The minimum absolute atomic E-state index is 0.0580. The fourth-order valence-electron chi connectivity index (χ4n) is 4.19. The molecule has 184 valence electrons. The van der Waals surface area contributed by atoms with Gasteiger partial charge in [0.25, 0.3) is 5.91 Å². The van der Waals surface area contributed by atoms with Gasteiger partial charge in [0, 0.05) is 31.4 Å². The highest BCUT2D eigenvalue weighted by atomic mass is 32.1. The Bertz CT molecular complexity index is 1210. The van der Waals surface area contributed by atoms with Gasteiger partial charge in [-0.3, -0.25) is 9.59 Å². The number of carbonyl (C=O) groups is 2. The standard InChI is InChI=1S/C27H30FN3O3S/c1-5-25(32)31-13-12-18-8-11-21(14-22(18)26(31)19-6-9-20(28)10-7-19)34-15-24-29-23(16-35-24)27(33)30(4)17(2)3/h6-11,14,16-17,26H,5,12-13,15H2,1-4H3. The molecule has 0 saturated carbocycles. The van der Waals surface area contributed by atoms with E-state index in [1.54, 1.807) is 29.5 Å². The molecule has 0 aliphatic carbocycles. The highest BCUT2D eigenvalue weighted by molar-refractivity contribution is 7.09. The Hall–Kier alpha value is -3.26. The molecule has 8 heteroatoms. The van der Waals surface area contributed by atoms with Crippen molar-refractivity contribution < 1.29 is 18.7 Å². The van der Waals surface area contributed by atoms with Crippen molar-refractivity contribution in [1.29, 1.82) is 0 Å². The minimum atomic E-state index is -0.309. The lowest BCUT2D eigenvalue weighted by molar-refractivity contribution is -0.132. The average molecular weight is 496 g/mol. The third kappa shape index (κ3) is 5.37. The van der Waals surface area contributed by atoms with Crippen LogP contribution in [0.4, 0.5) is 4.39 Å². The first kappa shape index (κ1) is 24.9. The summed E-state index contributed by atoms with van der Waals surface area (Å²) in [6.45, 7) is 6.62. The number of aromatic nitrogens is 1. The van der Waals surface area contributed by atoms with E-state index < -0.39 is 0 Å². The van der Waals surface area contributed by atoms with Crippen LogP contribution in [0, 0.1) is 5.82 Å². The zero-order valence-electron chi connectivity index (χ0n) is 20.5. The van der Waals surface area contributed by atoms with Crippen LogP contribution >= 0.6 is 11.3 Å². The van der Waals surface area contributed by atoms with Crippen LogP contribution in [0.5, 0.6) is 5.75 Å². The van der Waals surface area contributed by atoms with E-state index in [1.165, 1.54) is 23.5 Å². The molecule has 4 rings (SSSR count). The summed E-state index contributed by atoms with van der Waals surface area (Å²) in [5.74, 6) is 0.293. The minimum Gasteiger partial charge on any atom is -0.486 e. The van der Waals surface area contributed by atoms with Gasteiger partial charge < -0.3 is 14.5 Å². The smallest absolute Gasteiger partial charge is 0.273 e. The number of halogens is 1. The normalized spacial score (nSPS) is 15.1. The van der Waals surface area contributed by atoms with Gasteiger partial charge in [-0.1, -0.05) is 25.1 Å². The number of hydrogen-bond acceptors (Lipinski definition) is 5. The first-order valence-electron chi connectivity index (χ1n) is 11.8. The molecule has 0 saturated heterocycles. The van der Waals surface area contributed by atoms with Crippen molar-refractivity contribution in [2.75, 3.05) is 13.6 Å². The van der Waals surface area contributed by atoms with Gasteiger partial charge in [0.05, 0.1) is 6.04 Å². The number of ether oxygens (including phenoxy) is 1. The summed E-state index contributed by atoms with van der Waals surface area (Å²) in [5.41, 5.74) is 3.41. The van der Waals surface area contributed by atoms with E-state index >= 15 is 0 Å². The molecule has 6 nitrogen and oxygen atoms in total. The number of thiazole rings is 1. The van der Waals surface area contributed by atoms with Crippen molar-refractivity contribution >= 4 is 23.2 Å². The van der Waals surface area contributed by atoms with Gasteiger partial charge >= 0.3 is 0 Å². The van der Waals surface area contributed by atoms with Crippen molar-refractivity contribution in [3.05, 3.63) is 81.1 Å². The van der Waals surface area contributed by atoms with Gasteiger partial charge in [-0.25, -0.2) is 9.37 Å². The third-order valence-electron chi connectivity index (χ3n) is 6.38. The largest absolute Gasteiger partial charge is 0.486 e. The van der Waals surface area contributed by atoms with Crippen LogP contribution in [0.2, 0.25) is 0 Å². The molecule has 1 atom stereocenters. The van der Waals surface area contributed by atoms with Gasteiger partial charge in [-0.2, -0.15) is 0 Å². The molecule has 0 radical (unpaired) electrons. The Morgan fingerprint density at radius 2 is 1.97 bits per heavy atom. The van der Waals surface area contributed by atoms with Crippen molar-refractivity contribution in [2.45, 2.75) is 52.3 Å². The van der Waals surface area contributed by atoms with E-state index in [9.17, 15) is 14.0 Å². The molecular formula is C27H30FN3O3S. The lowest BCUT2D eigenvalue weighted by Gasteiger charge is -2.38. The molecule has 1 aromatic heterocycles. The third-order valence-corrected chi connectivity index (χ3v) is 7.20. The molecule has 2 aromatic carbocycles. The van der Waals surface area contributed by atoms with Crippen LogP contribution in [0.3, 0.4) is 0 Å². The Morgan fingerprint density at radius 3 is 2.66 bits per heavy atom. The van der Waals surface area contributed by atoms with Gasteiger partial charge in [0.15, 0.2) is 0 Å². The van der Waals surface area contributed by atoms with E-state index in [-0.39, 0.29) is 36.3 Å². The SMILES string of the molecule is CCC(=O)N1CCc2ccc(OCc3nc(C(=O)N(C)C(C)C)cs3)cc2C1c1ccc(F)cc1. The molecule has 0 fully saturated rings. The predicted molar refractivity (Wildman–Crippen MR) is 134 cm³/mol. The Balaban J connectivity index is 1.57. The van der Waals surface area contributed by atoms with Crippen molar-refractivity contribution in [3.63, 3.8) is 0 Å². The summed E-state index contributed by atoms with van der Waals surface area (Å²) in [5, 5.41) is 2.46. The molecule has 0 spiro atoms. The molecule has 1 aliphatic heterocycles. The van der Waals surface area contributed by atoms with Crippen molar-refractivity contribution in [3.8, 4) is 5.75 Å². The second kappa shape index (κ2) is 10.6. The Morgan fingerprint density at radius 1 is 1.23 bits per heavy atom. The zero-order valence-corrected chi connectivity index (χ0v) is 21.3. The van der Waals surface area contributed by atoms with Crippen molar-refractivity contribution in [2.24, 2.45) is 0 Å². The van der Waals surface area contributed by atoms with E-state index in [4.69, 9.17) is 4.74 Å². The maximum absolute atomic E-state index is 13.6. The van der Waals surface area contributed by atoms with Gasteiger partial charge in [-0.05, 0) is 61.2 Å². The van der Waals surface area contributed by atoms with E-state index in [2.05, 4.69) is 4.98 Å². The van der Waals surface area contributed by atoms with Crippen LogP contribution in [0.15, 0.2) is 47.8 Å². The first-order valence-corrected chi connectivity index (χ1v) is 12.7. The summed E-state index contributed by atoms with van der Waals surface area (Å²) in [6, 6.07) is 12.0. The number of nitrogens with zero attached hydrogens (tertiary/aromatic N) is 3. The maximum atomic E-state index is 13.6. The maximum Gasteiger partial charge on any atom is 0.273 e. The summed E-state index contributed by atoms with van der Waals surface area (Å²) < 4.78 is 19.6. The lowest BCUT2D eigenvalue weighted by Crippen LogP contribution is -2.40. The molecule has 2 heterocycles. The first-order chi connectivity index (χ1) is 16.8. The lowest BCUT2D eigenvalue weighted by atomic mass is 9.87. The number of benzene rings is 2. The molecule has 1 unspecified atom stereocenters. The van der Waals surface area contributed by atoms with Crippen LogP contribution < -0.4 is 4.74 Å². The molecule has 0 N–H and O–H groups in total. The zero-order chi connectivity index (χ0) is 25.1. The number of carbonyl (C=O) groups excluding carboxylic acids is 2. The predicted octanol–water partition coefficient (Wildman–Crippen LogP) is 5.23. The summed E-state index contributed by atoms with van der Waals surface area (Å²) in [6.07, 6.45) is 1.15. The molecule has 2 amide bonds. The van der Waals surface area contributed by atoms with Gasteiger partial charge in [0.1, 0.15) is 28.9 Å². The van der Waals surface area contributed by atoms with Crippen molar-refractivity contribution in [1.82, 2.24) is 14.8 Å². The Kier molecular flexibility index (Phi) is 7.50. The van der Waals surface area contributed by atoms with E-state index in [0.717, 1.165) is 23.1 Å². The molecule has 1 aliphatic rings. The van der Waals surface area contributed by atoms with E-state index in [1.807, 2.05) is 43.9 Å². The highest BCUT2D eigenvalue weighted by Gasteiger charge is 2.31. The number of fused-ring (bicyclic) bond motifs is 1. The number of amides is 2. The van der Waals surface area contributed by atoms with Crippen LogP contribution in [-0.4, -0.2) is 46.2 Å². The average Bonchev–Trinajstić information content (AvgIpc) is 3.35. The van der Waals surface area contributed by atoms with E-state index in [0.29, 0.717) is 29.4 Å². The van der Waals surface area contributed by atoms with Gasteiger partial charge in [0.2, 0.25) is 5.91 Å². The molecule has 3 aromatic rings. The monoisotopic (exact) mass is 495 g/mol. The summed E-state index contributed by atoms with van der Waals surface area (Å²) in [4.78, 5) is 33.2. The van der Waals surface area contributed by atoms with Gasteiger partial charge in [-0.15, -0.1) is 11.3 Å². The number of hydrogen-bond donors (Lipinski definition) is 0.